The summed E-state index contributed by atoms with van der Waals surface area (Å²) >= 11 is 0. The zero-order chi connectivity index (χ0) is 13.2. The van der Waals surface area contributed by atoms with Gasteiger partial charge in [0.15, 0.2) is 0 Å². The van der Waals surface area contributed by atoms with Crippen LogP contribution in [0.5, 0.6) is 0 Å². The number of aromatic nitrogens is 1. The molecule has 1 aromatic rings. The molecule has 0 aromatic carbocycles. The highest BCUT2D eigenvalue weighted by Crippen LogP contribution is 1.94. The molecule has 0 fully saturated rings. The van der Waals surface area contributed by atoms with Gasteiger partial charge >= 0.3 is 5.97 Å². The first-order valence-electron chi connectivity index (χ1n) is 5.21. The molecule has 1 aromatic heterocycles. The summed E-state index contributed by atoms with van der Waals surface area (Å²) in [5.41, 5.74) is 0.483. The van der Waals surface area contributed by atoms with Crippen molar-refractivity contribution in [1.82, 2.24) is 10.3 Å². The quantitative estimate of drug-likeness (QED) is 0.334. The Kier molecular flexibility index (Phi) is 5.82. The molecule has 18 heavy (non-hydrogen) atoms. The fourth-order valence-electron chi connectivity index (χ4n) is 1.09. The van der Waals surface area contributed by atoms with E-state index >= 15 is 0 Å². The van der Waals surface area contributed by atoms with Gasteiger partial charge in [0.1, 0.15) is 12.9 Å². The molecule has 1 rings (SSSR count). The van der Waals surface area contributed by atoms with E-state index in [9.17, 15) is 14.4 Å². The number of esters is 1. The molecule has 6 nitrogen and oxygen atoms in total. The summed E-state index contributed by atoms with van der Waals surface area (Å²) in [6.07, 6.45) is 5.56. The minimum absolute atomic E-state index is 0.0405. The van der Waals surface area contributed by atoms with Gasteiger partial charge in [-0.3, -0.25) is 14.6 Å². The third-order valence-electron chi connectivity index (χ3n) is 1.89. The molecule has 0 aliphatic rings. The van der Waals surface area contributed by atoms with Crippen LogP contribution in [0.3, 0.4) is 0 Å². The molecule has 0 radical (unpaired) electrons. The summed E-state index contributed by atoms with van der Waals surface area (Å²) in [6.45, 7) is 0.237. The van der Waals surface area contributed by atoms with Gasteiger partial charge in [0.2, 0.25) is 0 Å². The number of nitrogens with zero attached hydrogens (tertiary/aromatic N) is 1. The fourth-order valence-corrected chi connectivity index (χ4v) is 1.09. The third-order valence-corrected chi connectivity index (χ3v) is 1.89. The van der Waals surface area contributed by atoms with Crippen molar-refractivity contribution in [2.75, 3.05) is 13.2 Å². The average Bonchev–Trinajstić information content (AvgIpc) is 2.42. The van der Waals surface area contributed by atoms with Crippen LogP contribution in [0.4, 0.5) is 0 Å². The number of rotatable bonds is 6. The Labute approximate surface area is 104 Å². The lowest BCUT2D eigenvalue weighted by Crippen LogP contribution is -2.27. The van der Waals surface area contributed by atoms with Crippen molar-refractivity contribution in [2.45, 2.75) is 0 Å². The zero-order valence-corrected chi connectivity index (χ0v) is 9.54. The van der Waals surface area contributed by atoms with Crippen LogP contribution >= 0.6 is 0 Å². The molecule has 6 heteroatoms. The molecular formula is C12H12N2O4. The molecule has 0 bridgehead atoms. The van der Waals surface area contributed by atoms with Crippen LogP contribution in [0.15, 0.2) is 36.7 Å². The van der Waals surface area contributed by atoms with E-state index in [0.29, 0.717) is 11.8 Å². The van der Waals surface area contributed by atoms with E-state index in [1.807, 2.05) is 0 Å². The largest absolute Gasteiger partial charge is 0.461 e. The summed E-state index contributed by atoms with van der Waals surface area (Å²) in [6, 6.07) is 3.16. The van der Waals surface area contributed by atoms with Crippen LogP contribution in [0.1, 0.15) is 10.4 Å². The van der Waals surface area contributed by atoms with Gasteiger partial charge in [-0.25, -0.2) is 4.79 Å². The Hall–Kier alpha value is -2.50. The van der Waals surface area contributed by atoms with Crippen LogP contribution in [0, 0.1) is 0 Å². The van der Waals surface area contributed by atoms with E-state index in [-0.39, 0.29) is 19.1 Å². The number of carbonyl (C=O) groups is 3. The summed E-state index contributed by atoms with van der Waals surface area (Å²) in [7, 11) is 0. The van der Waals surface area contributed by atoms with Gasteiger partial charge in [-0.05, 0) is 18.2 Å². The van der Waals surface area contributed by atoms with Crippen LogP contribution in [0.25, 0.3) is 0 Å². The molecule has 0 spiro atoms. The normalized spacial score (nSPS) is 10.0. The number of ether oxygens (including phenoxy) is 1. The standard InChI is InChI=1S/C12H12N2O4/c15-8-1-2-11(16)18-9-7-14-12(17)10-3-5-13-6-4-10/h1-6,8H,7,9H2,(H,14,17)/b2-1+. The maximum Gasteiger partial charge on any atom is 0.330 e. The molecule has 0 saturated heterocycles. The Balaban J connectivity index is 2.22. The van der Waals surface area contributed by atoms with Gasteiger partial charge in [-0.15, -0.1) is 0 Å². The average molecular weight is 248 g/mol. The first-order valence-corrected chi connectivity index (χ1v) is 5.21. The van der Waals surface area contributed by atoms with E-state index in [1.165, 1.54) is 12.4 Å². The molecule has 0 atom stereocenters. The first-order chi connectivity index (χ1) is 8.74. The Bertz CT molecular complexity index is 443. The van der Waals surface area contributed by atoms with Crippen molar-refractivity contribution in [3.05, 3.63) is 42.2 Å². The Morgan fingerprint density at radius 2 is 2.06 bits per heavy atom. The van der Waals surface area contributed by atoms with Gasteiger partial charge in [0.25, 0.3) is 5.91 Å². The van der Waals surface area contributed by atoms with Crippen LogP contribution in [-0.2, 0) is 14.3 Å². The van der Waals surface area contributed by atoms with Gasteiger partial charge < -0.3 is 10.1 Å². The molecule has 0 unspecified atom stereocenters. The highest BCUT2D eigenvalue weighted by molar-refractivity contribution is 5.94. The highest BCUT2D eigenvalue weighted by atomic mass is 16.5. The van der Waals surface area contributed by atoms with Gasteiger partial charge in [0.05, 0.1) is 6.54 Å². The van der Waals surface area contributed by atoms with Crippen LogP contribution in [0.2, 0.25) is 0 Å². The van der Waals surface area contributed by atoms with Crippen molar-refractivity contribution in [3.63, 3.8) is 0 Å². The number of hydrogen-bond donors (Lipinski definition) is 1. The Morgan fingerprint density at radius 1 is 1.33 bits per heavy atom. The van der Waals surface area contributed by atoms with Crippen LogP contribution in [-0.4, -0.2) is 36.3 Å². The molecule has 1 heterocycles. The smallest absolute Gasteiger partial charge is 0.330 e. The number of pyridine rings is 1. The number of hydrogen-bond acceptors (Lipinski definition) is 5. The minimum Gasteiger partial charge on any atom is -0.461 e. The van der Waals surface area contributed by atoms with Crippen LogP contribution < -0.4 is 5.32 Å². The summed E-state index contributed by atoms with van der Waals surface area (Å²) in [5.74, 6) is -0.892. The van der Waals surface area contributed by atoms with E-state index in [4.69, 9.17) is 4.74 Å². The predicted octanol–water partition coefficient (Wildman–Crippen LogP) is 0.110. The summed E-state index contributed by atoms with van der Waals surface area (Å²) < 4.78 is 4.72. The lowest BCUT2D eigenvalue weighted by Gasteiger charge is -2.04. The lowest BCUT2D eigenvalue weighted by molar-refractivity contribution is -0.137. The highest BCUT2D eigenvalue weighted by Gasteiger charge is 2.03. The maximum absolute atomic E-state index is 11.5. The second kappa shape index (κ2) is 7.72. The van der Waals surface area contributed by atoms with E-state index < -0.39 is 5.97 Å². The third kappa shape index (κ3) is 5.02. The summed E-state index contributed by atoms with van der Waals surface area (Å²) in [5, 5.41) is 2.57. The molecule has 0 aliphatic carbocycles. The van der Waals surface area contributed by atoms with E-state index in [0.717, 1.165) is 12.2 Å². The van der Waals surface area contributed by atoms with Crippen molar-refractivity contribution < 1.29 is 19.1 Å². The Morgan fingerprint density at radius 3 is 2.72 bits per heavy atom. The monoisotopic (exact) mass is 248 g/mol. The predicted molar refractivity (Wildman–Crippen MR) is 62.7 cm³/mol. The molecule has 0 aliphatic heterocycles. The van der Waals surface area contributed by atoms with E-state index in [2.05, 4.69) is 10.3 Å². The second-order valence-electron chi connectivity index (χ2n) is 3.15. The number of amides is 1. The van der Waals surface area contributed by atoms with Gasteiger partial charge in [-0.2, -0.15) is 0 Å². The first kappa shape index (κ1) is 13.6. The van der Waals surface area contributed by atoms with Crippen molar-refractivity contribution in [1.29, 1.82) is 0 Å². The van der Waals surface area contributed by atoms with Crippen molar-refractivity contribution >= 4 is 18.2 Å². The number of allylic oxidation sites excluding steroid dienone is 1. The lowest BCUT2D eigenvalue weighted by atomic mass is 10.2. The summed E-state index contributed by atoms with van der Waals surface area (Å²) in [4.78, 5) is 36.2. The molecule has 94 valence electrons. The fraction of sp³-hybridized carbons (Fsp3) is 0.167. The maximum atomic E-state index is 11.5. The topological polar surface area (TPSA) is 85.4 Å². The number of carbonyl (C=O) groups excluding carboxylic acids is 3. The SMILES string of the molecule is O=C/C=C/C(=O)OCCNC(=O)c1ccncc1. The van der Waals surface area contributed by atoms with Crippen molar-refractivity contribution in [2.24, 2.45) is 0 Å². The van der Waals surface area contributed by atoms with Crippen molar-refractivity contribution in [3.8, 4) is 0 Å². The van der Waals surface area contributed by atoms with Gasteiger partial charge in [0, 0.05) is 24.0 Å². The zero-order valence-electron chi connectivity index (χ0n) is 9.54. The van der Waals surface area contributed by atoms with Gasteiger partial charge in [-0.1, -0.05) is 0 Å². The molecule has 0 saturated carbocycles. The van der Waals surface area contributed by atoms with E-state index in [1.54, 1.807) is 12.1 Å². The number of nitrogens with one attached hydrogen (secondary N) is 1. The molecule has 1 amide bonds. The number of aldehydes is 1. The molecular weight excluding hydrogens is 236 g/mol. The minimum atomic E-state index is -0.625. The second-order valence-corrected chi connectivity index (χ2v) is 3.15. The molecule has 1 N–H and O–H groups in total.